The Labute approximate surface area is 187 Å². The third-order valence-corrected chi connectivity index (χ3v) is 7.06. The fraction of sp³-hybridized carbons (Fsp3) is 0.273. The van der Waals surface area contributed by atoms with Crippen molar-refractivity contribution < 1.29 is 9.72 Å². The zero-order valence-corrected chi connectivity index (χ0v) is 19.1. The average molecular weight is 455 g/mol. The SMILES string of the molecule is Cc1ccc2nc(N(CCCN(C)C)C(=O)c3cc4cc([N+](=O)[O-])ccc4s3)sc2c1. The van der Waals surface area contributed by atoms with Crippen LogP contribution in [0.1, 0.15) is 21.7 Å². The lowest BCUT2D eigenvalue weighted by atomic mass is 10.2. The molecule has 0 bridgehead atoms. The van der Waals surface area contributed by atoms with Gasteiger partial charge in [-0.15, -0.1) is 11.3 Å². The van der Waals surface area contributed by atoms with Gasteiger partial charge in [-0.05, 0) is 63.8 Å². The molecule has 160 valence electrons. The Hall–Kier alpha value is -2.88. The highest BCUT2D eigenvalue weighted by Crippen LogP contribution is 2.34. The van der Waals surface area contributed by atoms with E-state index in [2.05, 4.69) is 11.0 Å². The number of benzene rings is 2. The van der Waals surface area contributed by atoms with E-state index in [-0.39, 0.29) is 11.6 Å². The number of aromatic nitrogens is 1. The summed E-state index contributed by atoms with van der Waals surface area (Å²) in [7, 11) is 4.01. The Bertz CT molecular complexity index is 1280. The molecule has 0 atom stereocenters. The lowest BCUT2D eigenvalue weighted by Crippen LogP contribution is -2.32. The summed E-state index contributed by atoms with van der Waals surface area (Å²) < 4.78 is 1.90. The van der Waals surface area contributed by atoms with E-state index in [1.54, 1.807) is 17.0 Å². The number of amides is 1. The molecule has 4 aromatic rings. The van der Waals surface area contributed by atoms with Crippen LogP contribution in [0.2, 0.25) is 0 Å². The van der Waals surface area contributed by atoms with Gasteiger partial charge in [-0.2, -0.15) is 0 Å². The molecule has 0 unspecified atom stereocenters. The monoisotopic (exact) mass is 454 g/mol. The van der Waals surface area contributed by atoms with Crippen LogP contribution in [0.25, 0.3) is 20.3 Å². The van der Waals surface area contributed by atoms with Crippen molar-refractivity contribution in [1.82, 2.24) is 9.88 Å². The number of thiophene rings is 1. The summed E-state index contributed by atoms with van der Waals surface area (Å²) in [4.78, 5) is 33.3. The molecule has 1 amide bonds. The number of aryl methyl sites for hydroxylation is 1. The number of carbonyl (C=O) groups excluding carboxylic acids is 1. The normalized spacial score (nSPS) is 11.5. The van der Waals surface area contributed by atoms with Crippen molar-refractivity contribution in [2.45, 2.75) is 13.3 Å². The van der Waals surface area contributed by atoms with Gasteiger partial charge in [0.25, 0.3) is 11.6 Å². The summed E-state index contributed by atoms with van der Waals surface area (Å²) >= 11 is 2.86. The molecule has 0 aliphatic heterocycles. The molecule has 4 rings (SSSR count). The van der Waals surface area contributed by atoms with E-state index in [1.807, 2.05) is 33.2 Å². The van der Waals surface area contributed by atoms with E-state index in [1.165, 1.54) is 34.8 Å². The number of hydrogen-bond acceptors (Lipinski definition) is 7. The molecule has 0 fully saturated rings. The number of nitro groups is 1. The first-order valence-corrected chi connectivity index (χ1v) is 11.5. The molecular weight excluding hydrogens is 432 g/mol. The van der Waals surface area contributed by atoms with Crippen LogP contribution in [0.3, 0.4) is 0 Å². The highest BCUT2D eigenvalue weighted by molar-refractivity contribution is 7.23. The Kier molecular flexibility index (Phi) is 5.99. The van der Waals surface area contributed by atoms with Crippen molar-refractivity contribution in [2.75, 3.05) is 32.1 Å². The van der Waals surface area contributed by atoms with Crippen LogP contribution in [0.4, 0.5) is 10.8 Å². The number of non-ortho nitro benzene ring substituents is 1. The van der Waals surface area contributed by atoms with Crippen molar-refractivity contribution in [3.8, 4) is 0 Å². The van der Waals surface area contributed by atoms with Crippen LogP contribution in [0.5, 0.6) is 0 Å². The first-order valence-electron chi connectivity index (χ1n) is 9.83. The molecule has 0 N–H and O–H groups in total. The summed E-state index contributed by atoms with van der Waals surface area (Å²) in [5, 5.41) is 12.5. The Balaban J connectivity index is 1.70. The third-order valence-electron chi connectivity index (χ3n) is 4.92. The predicted octanol–water partition coefficient (Wildman–Crippen LogP) is 5.33. The Morgan fingerprint density at radius 2 is 1.87 bits per heavy atom. The second-order valence-corrected chi connectivity index (χ2v) is 9.76. The van der Waals surface area contributed by atoms with Gasteiger partial charge in [0.1, 0.15) is 0 Å². The number of fused-ring (bicyclic) bond motifs is 2. The van der Waals surface area contributed by atoms with Crippen LogP contribution < -0.4 is 4.90 Å². The molecular formula is C22H22N4O3S2. The van der Waals surface area contributed by atoms with Crippen LogP contribution in [-0.2, 0) is 0 Å². The number of nitrogens with zero attached hydrogens (tertiary/aromatic N) is 4. The lowest BCUT2D eigenvalue weighted by Gasteiger charge is -2.20. The fourth-order valence-corrected chi connectivity index (χ4v) is 5.43. The van der Waals surface area contributed by atoms with Crippen molar-refractivity contribution in [1.29, 1.82) is 0 Å². The summed E-state index contributed by atoms with van der Waals surface area (Å²) in [5.41, 5.74) is 2.05. The van der Waals surface area contributed by atoms with Gasteiger partial charge in [-0.25, -0.2) is 4.98 Å². The van der Waals surface area contributed by atoms with E-state index >= 15 is 0 Å². The van der Waals surface area contributed by atoms with Gasteiger partial charge in [0.05, 0.1) is 20.0 Å². The molecule has 0 aliphatic rings. The number of anilines is 1. The molecule has 2 aromatic heterocycles. The summed E-state index contributed by atoms with van der Waals surface area (Å²) in [5.74, 6) is -0.126. The lowest BCUT2D eigenvalue weighted by molar-refractivity contribution is -0.384. The maximum absolute atomic E-state index is 13.5. The molecule has 0 aliphatic carbocycles. The number of rotatable bonds is 7. The van der Waals surface area contributed by atoms with Crippen LogP contribution in [0.15, 0.2) is 42.5 Å². The van der Waals surface area contributed by atoms with E-state index in [9.17, 15) is 14.9 Å². The summed E-state index contributed by atoms with van der Waals surface area (Å²) in [6.07, 6.45) is 0.810. The number of nitro benzene ring substituents is 1. The van der Waals surface area contributed by atoms with Gasteiger partial charge < -0.3 is 4.90 Å². The number of thiazole rings is 1. The Morgan fingerprint density at radius 1 is 1.06 bits per heavy atom. The van der Waals surface area contributed by atoms with E-state index in [4.69, 9.17) is 4.98 Å². The van der Waals surface area contributed by atoms with Gasteiger partial charge in [0.2, 0.25) is 0 Å². The van der Waals surface area contributed by atoms with Crippen molar-refractivity contribution in [3.63, 3.8) is 0 Å². The second kappa shape index (κ2) is 8.70. The van der Waals surface area contributed by atoms with Gasteiger partial charge in [0, 0.05) is 28.8 Å². The molecule has 31 heavy (non-hydrogen) atoms. The Morgan fingerprint density at radius 3 is 2.61 bits per heavy atom. The molecule has 7 nitrogen and oxygen atoms in total. The maximum atomic E-state index is 13.5. The summed E-state index contributed by atoms with van der Waals surface area (Å²) in [6, 6.07) is 12.5. The third kappa shape index (κ3) is 4.58. The van der Waals surface area contributed by atoms with Gasteiger partial charge >= 0.3 is 0 Å². The fourth-order valence-electron chi connectivity index (χ4n) is 3.35. The maximum Gasteiger partial charge on any atom is 0.270 e. The minimum Gasteiger partial charge on any atom is -0.309 e. The minimum absolute atomic E-state index is 0.0219. The van der Waals surface area contributed by atoms with Gasteiger partial charge in [-0.1, -0.05) is 17.4 Å². The number of carbonyl (C=O) groups is 1. The number of hydrogen-bond donors (Lipinski definition) is 0. The molecule has 0 saturated heterocycles. The van der Waals surface area contributed by atoms with E-state index in [0.717, 1.165) is 33.4 Å². The topological polar surface area (TPSA) is 79.6 Å². The van der Waals surface area contributed by atoms with Crippen LogP contribution >= 0.6 is 22.7 Å². The zero-order chi connectivity index (χ0) is 22.1. The predicted molar refractivity (Wildman–Crippen MR) is 128 cm³/mol. The largest absolute Gasteiger partial charge is 0.309 e. The van der Waals surface area contributed by atoms with Crippen LogP contribution in [0, 0.1) is 17.0 Å². The molecule has 0 radical (unpaired) electrons. The van der Waals surface area contributed by atoms with Crippen molar-refractivity contribution in [2.24, 2.45) is 0 Å². The van der Waals surface area contributed by atoms with Gasteiger partial charge in [-0.3, -0.25) is 19.8 Å². The molecule has 9 heteroatoms. The standard InChI is InChI=1S/C22H22N4O3S2/c1-14-5-7-17-19(11-14)31-22(23-17)25(10-4-9-24(2)3)21(27)20-13-15-12-16(26(28)29)6-8-18(15)30-20/h5-8,11-13H,4,9-10H2,1-3H3. The van der Waals surface area contributed by atoms with Gasteiger partial charge in [0.15, 0.2) is 5.13 Å². The highest BCUT2D eigenvalue weighted by Gasteiger charge is 2.23. The van der Waals surface area contributed by atoms with Crippen LogP contribution in [-0.4, -0.2) is 47.9 Å². The minimum atomic E-state index is -0.421. The smallest absolute Gasteiger partial charge is 0.270 e. The average Bonchev–Trinajstić information content (AvgIpc) is 3.33. The first kappa shape index (κ1) is 21.4. The zero-order valence-electron chi connectivity index (χ0n) is 17.5. The quantitative estimate of drug-likeness (QED) is 0.279. The summed E-state index contributed by atoms with van der Waals surface area (Å²) in [6.45, 7) is 3.44. The van der Waals surface area contributed by atoms with Crippen molar-refractivity contribution in [3.05, 3.63) is 63.0 Å². The molecule has 2 heterocycles. The molecule has 2 aromatic carbocycles. The van der Waals surface area contributed by atoms with E-state index in [0.29, 0.717) is 21.9 Å². The first-order chi connectivity index (χ1) is 14.8. The molecule has 0 spiro atoms. The molecule has 0 saturated carbocycles. The highest BCUT2D eigenvalue weighted by atomic mass is 32.1. The van der Waals surface area contributed by atoms with E-state index < -0.39 is 4.92 Å². The second-order valence-electron chi connectivity index (χ2n) is 7.67. The van der Waals surface area contributed by atoms with Crippen molar-refractivity contribution >= 4 is 59.7 Å².